The van der Waals surface area contributed by atoms with E-state index in [4.69, 9.17) is 13.8 Å². The van der Waals surface area contributed by atoms with E-state index >= 15 is 0 Å². The molecule has 0 unspecified atom stereocenters. The fourth-order valence-electron chi connectivity index (χ4n) is 8.24. The Balaban J connectivity index is 1.10. The normalized spacial score (nSPS) is 11.5. The lowest BCUT2D eigenvalue weighted by atomic mass is 9.95. The van der Waals surface area contributed by atoms with E-state index in [1.165, 1.54) is 27.5 Å². The Kier molecular flexibility index (Phi) is 7.78. The average molecular weight is 731 g/mol. The highest BCUT2D eigenvalue weighted by molar-refractivity contribution is 6.19. The van der Waals surface area contributed by atoms with Crippen LogP contribution in [0, 0.1) is 0 Å². The largest absolute Gasteiger partial charge is 0.456 e. The van der Waals surface area contributed by atoms with E-state index in [1.807, 2.05) is 48.5 Å². The lowest BCUT2D eigenvalue weighted by Gasteiger charge is -2.28. The van der Waals surface area contributed by atoms with Crippen molar-refractivity contribution in [2.24, 2.45) is 0 Å². The third-order valence-electron chi connectivity index (χ3n) is 10.9. The molecule has 0 atom stereocenters. The predicted octanol–water partition coefficient (Wildman–Crippen LogP) is 15.0. The summed E-state index contributed by atoms with van der Waals surface area (Å²) in [6.07, 6.45) is 0. The maximum atomic E-state index is 6.67. The van der Waals surface area contributed by atoms with Gasteiger partial charge in [0.05, 0.1) is 5.69 Å². The predicted molar refractivity (Wildman–Crippen MR) is 235 cm³/mol. The molecule has 0 spiro atoms. The van der Waals surface area contributed by atoms with Gasteiger partial charge in [0.2, 0.25) is 5.89 Å². The first kappa shape index (κ1) is 32.7. The number of hydrogen-bond acceptors (Lipinski definition) is 4. The second-order valence-corrected chi connectivity index (χ2v) is 14.3. The van der Waals surface area contributed by atoms with Crippen molar-refractivity contribution in [3.63, 3.8) is 0 Å². The van der Waals surface area contributed by atoms with Crippen molar-refractivity contribution >= 4 is 60.9 Å². The van der Waals surface area contributed by atoms with Gasteiger partial charge in [-0.05, 0) is 81.6 Å². The van der Waals surface area contributed by atoms with E-state index in [9.17, 15) is 0 Å². The van der Waals surface area contributed by atoms with Crippen molar-refractivity contribution in [1.29, 1.82) is 0 Å². The molecule has 11 rings (SSSR count). The first-order valence-corrected chi connectivity index (χ1v) is 19.2. The maximum Gasteiger partial charge on any atom is 0.227 e. The number of aromatic nitrogens is 1. The van der Waals surface area contributed by atoms with Crippen LogP contribution in [0.4, 0.5) is 17.1 Å². The number of anilines is 3. The number of hydrogen-bond donors (Lipinski definition) is 0. The smallest absolute Gasteiger partial charge is 0.227 e. The van der Waals surface area contributed by atoms with Crippen molar-refractivity contribution in [2.45, 2.75) is 0 Å². The molecule has 0 fully saturated rings. The minimum Gasteiger partial charge on any atom is -0.456 e. The lowest BCUT2D eigenvalue weighted by molar-refractivity contribution is 0.621. The molecule has 2 heterocycles. The van der Waals surface area contributed by atoms with Crippen molar-refractivity contribution in [3.05, 3.63) is 206 Å². The maximum absolute atomic E-state index is 6.67. The van der Waals surface area contributed by atoms with Gasteiger partial charge in [-0.15, -0.1) is 0 Å². The second kappa shape index (κ2) is 13.6. The lowest BCUT2D eigenvalue weighted by Crippen LogP contribution is -2.11. The summed E-state index contributed by atoms with van der Waals surface area (Å²) in [5, 5.41) is 4.48. The molecule has 9 aromatic carbocycles. The van der Waals surface area contributed by atoms with Gasteiger partial charge in [0.15, 0.2) is 5.58 Å². The molecule has 4 nitrogen and oxygen atoms in total. The minimum atomic E-state index is 0.579. The summed E-state index contributed by atoms with van der Waals surface area (Å²) in [5.74, 6) is 0.579. The van der Waals surface area contributed by atoms with Gasteiger partial charge in [-0.3, -0.25) is 0 Å². The minimum absolute atomic E-state index is 0.579. The Morgan fingerprint density at radius 3 is 1.75 bits per heavy atom. The van der Waals surface area contributed by atoms with Gasteiger partial charge in [0, 0.05) is 44.9 Å². The molecule has 0 aliphatic heterocycles. The van der Waals surface area contributed by atoms with Crippen LogP contribution >= 0.6 is 0 Å². The van der Waals surface area contributed by atoms with Gasteiger partial charge in [-0.25, -0.2) is 4.98 Å². The fraction of sp³-hybridized carbons (Fsp3) is 0. The zero-order valence-electron chi connectivity index (χ0n) is 30.8. The van der Waals surface area contributed by atoms with Gasteiger partial charge in [0.25, 0.3) is 0 Å². The molecule has 57 heavy (non-hydrogen) atoms. The van der Waals surface area contributed by atoms with Crippen LogP contribution in [0.5, 0.6) is 0 Å². The van der Waals surface area contributed by atoms with Gasteiger partial charge < -0.3 is 13.7 Å². The number of benzene rings is 9. The molecular weight excluding hydrogens is 697 g/mol. The molecule has 0 saturated carbocycles. The van der Waals surface area contributed by atoms with Crippen molar-refractivity contribution in [2.75, 3.05) is 4.90 Å². The molecule has 11 aromatic rings. The highest BCUT2D eigenvalue weighted by Crippen LogP contribution is 2.46. The number of nitrogens with zero attached hydrogens (tertiary/aromatic N) is 2. The van der Waals surface area contributed by atoms with Gasteiger partial charge in [-0.2, -0.15) is 0 Å². The number of furan rings is 1. The molecule has 0 amide bonds. The quantitative estimate of drug-likeness (QED) is 0.164. The highest BCUT2D eigenvalue weighted by atomic mass is 16.4. The molecule has 0 bridgehead atoms. The van der Waals surface area contributed by atoms with Gasteiger partial charge in [0.1, 0.15) is 16.7 Å². The molecule has 4 heteroatoms. The van der Waals surface area contributed by atoms with Crippen LogP contribution in [-0.4, -0.2) is 4.98 Å². The molecule has 2 aromatic heterocycles. The summed E-state index contributed by atoms with van der Waals surface area (Å²) < 4.78 is 13.1. The second-order valence-electron chi connectivity index (χ2n) is 14.3. The summed E-state index contributed by atoms with van der Waals surface area (Å²) in [5.41, 5.74) is 13.9. The standard InChI is InChI=1S/C53H34N2O2/c1-3-14-35(15-4-1)36-26-30-40(31-27-36)55(47-24-11-9-21-44(47)43-23-13-19-37-16-7-8-20-42(37)43)41-32-28-38(29-33-41)50-51-45-22-10-12-25-48(45)56-49(51)34-46-52(50)57-53(54-46)39-17-5-2-6-18-39/h1-34H. The Labute approximate surface area is 329 Å². The van der Waals surface area contributed by atoms with Crippen LogP contribution in [0.15, 0.2) is 215 Å². The monoisotopic (exact) mass is 730 g/mol. The molecule has 0 radical (unpaired) electrons. The number of para-hydroxylation sites is 2. The van der Waals surface area contributed by atoms with E-state index in [2.05, 4.69) is 163 Å². The third kappa shape index (κ3) is 5.66. The summed E-state index contributed by atoms with van der Waals surface area (Å²) in [7, 11) is 0. The van der Waals surface area contributed by atoms with Crippen LogP contribution in [0.3, 0.4) is 0 Å². The van der Waals surface area contributed by atoms with Crippen molar-refractivity contribution in [3.8, 4) is 44.8 Å². The van der Waals surface area contributed by atoms with E-state index < -0.39 is 0 Å². The van der Waals surface area contributed by atoms with Crippen LogP contribution in [0.2, 0.25) is 0 Å². The molecule has 0 N–H and O–H groups in total. The first-order chi connectivity index (χ1) is 28.3. The number of rotatable bonds is 7. The Bertz CT molecular complexity index is 3210. The Morgan fingerprint density at radius 2 is 0.982 bits per heavy atom. The van der Waals surface area contributed by atoms with Crippen LogP contribution < -0.4 is 4.90 Å². The van der Waals surface area contributed by atoms with Crippen molar-refractivity contribution < 1.29 is 8.83 Å². The average Bonchev–Trinajstić information content (AvgIpc) is 3.88. The topological polar surface area (TPSA) is 42.4 Å². The zero-order chi connectivity index (χ0) is 37.7. The fourth-order valence-corrected chi connectivity index (χ4v) is 8.24. The number of oxazole rings is 1. The molecule has 268 valence electrons. The first-order valence-electron chi connectivity index (χ1n) is 19.2. The summed E-state index contributed by atoms with van der Waals surface area (Å²) >= 11 is 0. The zero-order valence-corrected chi connectivity index (χ0v) is 30.8. The van der Waals surface area contributed by atoms with Gasteiger partial charge in [-0.1, -0.05) is 152 Å². The number of fused-ring (bicyclic) bond motifs is 5. The van der Waals surface area contributed by atoms with E-state index in [0.717, 1.165) is 72.4 Å². The summed E-state index contributed by atoms with van der Waals surface area (Å²) in [6.45, 7) is 0. The van der Waals surface area contributed by atoms with Crippen LogP contribution in [-0.2, 0) is 0 Å². The SMILES string of the molecule is c1ccc(-c2ccc(N(c3ccc(-c4c5oc(-c6ccccc6)nc5cc5oc6ccccc6c45)cc3)c3ccccc3-c3cccc4ccccc34)cc2)cc1. The van der Waals surface area contributed by atoms with Crippen LogP contribution in [0.25, 0.3) is 88.6 Å². The third-order valence-corrected chi connectivity index (χ3v) is 10.9. The van der Waals surface area contributed by atoms with E-state index in [-0.39, 0.29) is 0 Å². The highest BCUT2D eigenvalue weighted by Gasteiger charge is 2.23. The summed E-state index contributed by atoms with van der Waals surface area (Å²) in [6, 6.07) is 72.3. The van der Waals surface area contributed by atoms with Crippen LogP contribution in [0.1, 0.15) is 0 Å². The molecular formula is C53H34N2O2. The molecule has 0 aliphatic rings. The van der Waals surface area contributed by atoms with E-state index in [0.29, 0.717) is 5.89 Å². The van der Waals surface area contributed by atoms with Gasteiger partial charge >= 0.3 is 0 Å². The van der Waals surface area contributed by atoms with E-state index in [1.54, 1.807) is 0 Å². The Hall–Kier alpha value is -7.69. The molecule has 0 aliphatic carbocycles. The Morgan fingerprint density at radius 1 is 0.404 bits per heavy atom. The molecule has 0 saturated heterocycles. The van der Waals surface area contributed by atoms with Crippen molar-refractivity contribution in [1.82, 2.24) is 4.98 Å². The summed E-state index contributed by atoms with van der Waals surface area (Å²) in [4.78, 5) is 7.33.